The van der Waals surface area contributed by atoms with E-state index in [4.69, 9.17) is 5.73 Å². The summed E-state index contributed by atoms with van der Waals surface area (Å²) in [6.07, 6.45) is 1.63. The molecular weight excluding hydrogens is 185 g/mol. The van der Waals surface area contributed by atoms with E-state index in [-0.39, 0.29) is 11.2 Å². The first kappa shape index (κ1) is 8.68. The Labute approximate surface area is 79.2 Å². The smallest absolute Gasteiger partial charge is 0.269 e. The number of hydrogen-bond acceptors (Lipinski definition) is 2. The van der Waals surface area contributed by atoms with Crippen LogP contribution < -0.4 is 5.73 Å². The van der Waals surface area contributed by atoms with Gasteiger partial charge in [0.05, 0.1) is 0 Å². The Bertz CT molecular complexity index is 518. The van der Waals surface area contributed by atoms with Crippen LogP contribution >= 0.6 is 0 Å². The average molecular weight is 193 g/mol. The lowest BCUT2D eigenvalue weighted by Crippen LogP contribution is -2.12. The maximum absolute atomic E-state index is 13.4. The highest BCUT2D eigenvalue weighted by Gasteiger charge is 2.15. The van der Waals surface area contributed by atoms with Gasteiger partial charge in [-0.3, -0.25) is 4.79 Å². The van der Waals surface area contributed by atoms with Crippen molar-refractivity contribution in [1.29, 1.82) is 0 Å². The number of aryl methyl sites for hydroxylation is 1. The minimum Gasteiger partial charge on any atom is -0.364 e. The molecule has 0 unspecified atom stereocenters. The molecule has 0 spiro atoms. The number of imidazole rings is 1. The van der Waals surface area contributed by atoms with Gasteiger partial charge in [-0.25, -0.2) is 9.37 Å². The second-order valence-electron chi connectivity index (χ2n) is 2.95. The molecule has 5 heteroatoms. The van der Waals surface area contributed by atoms with Crippen LogP contribution in [0, 0.1) is 12.7 Å². The van der Waals surface area contributed by atoms with Gasteiger partial charge in [-0.1, -0.05) is 0 Å². The highest BCUT2D eigenvalue weighted by Crippen LogP contribution is 2.15. The second-order valence-corrected chi connectivity index (χ2v) is 2.95. The van der Waals surface area contributed by atoms with Gasteiger partial charge in [-0.2, -0.15) is 0 Å². The molecule has 0 radical (unpaired) electrons. The topological polar surface area (TPSA) is 60.4 Å². The third-order valence-electron chi connectivity index (χ3n) is 2.02. The van der Waals surface area contributed by atoms with Crippen LogP contribution in [-0.2, 0) is 0 Å². The van der Waals surface area contributed by atoms with E-state index < -0.39 is 11.7 Å². The van der Waals surface area contributed by atoms with E-state index in [1.165, 1.54) is 10.5 Å². The van der Waals surface area contributed by atoms with E-state index >= 15 is 0 Å². The third-order valence-corrected chi connectivity index (χ3v) is 2.02. The molecular formula is C9H8FN3O. The van der Waals surface area contributed by atoms with Crippen molar-refractivity contribution in [2.45, 2.75) is 6.92 Å². The van der Waals surface area contributed by atoms with Gasteiger partial charge in [-0.15, -0.1) is 0 Å². The molecule has 1 amide bonds. The van der Waals surface area contributed by atoms with E-state index in [9.17, 15) is 9.18 Å². The normalized spacial score (nSPS) is 10.7. The summed E-state index contributed by atoms with van der Waals surface area (Å²) in [4.78, 5) is 14.9. The Morgan fingerprint density at radius 1 is 1.64 bits per heavy atom. The van der Waals surface area contributed by atoms with Gasteiger partial charge in [0.15, 0.2) is 5.69 Å². The number of primary amides is 1. The molecule has 0 atom stereocenters. The lowest BCUT2D eigenvalue weighted by atomic mass is 10.3. The monoisotopic (exact) mass is 193 g/mol. The van der Waals surface area contributed by atoms with Crippen molar-refractivity contribution >= 4 is 11.4 Å². The molecule has 2 aromatic heterocycles. The van der Waals surface area contributed by atoms with Gasteiger partial charge in [-0.05, 0) is 19.1 Å². The van der Waals surface area contributed by atoms with Crippen LogP contribution in [0.25, 0.3) is 5.52 Å². The van der Waals surface area contributed by atoms with Gasteiger partial charge in [0.2, 0.25) is 0 Å². The summed E-state index contributed by atoms with van der Waals surface area (Å²) in [5.41, 5.74) is 5.19. The molecule has 0 saturated heterocycles. The number of rotatable bonds is 1. The van der Waals surface area contributed by atoms with Crippen molar-refractivity contribution in [3.05, 3.63) is 35.7 Å². The first-order chi connectivity index (χ1) is 6.61. The van der Waals surface area contributed by atoms with Gasteiger partial charge < -0.3 is 10.1 Å². The number of carbonyl (C=O) groups is 1. The zero-order valence-electron chi connectivity index (χ0n) is 7.49. The van der Waals surface area contributed by atoms with Crippen molar-refractivity contribution in [1.82, 2.24) is 9.38 Å². The first-order valence-corrected chi connectivity index (χ1v) is 4.04. The van der Waals surface area contributed by atoms with E-state index in [1.54, 1.807) is 19.2 Å². The number of pyridine rings is 1. The van der Waals surface area contributed by atoms with Crippen LogP contribution in [0.3, 0.4) is 0 Å². The molecule has 0 aliphatic rings. The summed E-state index contributed by atoms with van der Waals surface area (Å²) in [6, 6.07) is 2.81. The maximum Gasteiger partial charge on any atom is 0.269 e. The summed E-state index contributed by atoms with van der Waals surface area (Å²) in [5, 5.41) is 0. The Kier molecular flexibility index (Phi) is 1.73. The van der Waals surface area contributed by atoms with Crippen molar-refractivity contribution in [3.8, 4) is 0 Å². The van der Waals surface area contributed by atoms with Crippen LogP contribution in [-0.4, -0.2) is 15.3 Å². The largest absolute Gasteiger partial charge is 0.364 e. The molecule has 0 bridgehead atoms. The Morgan fingerprint density at radius 2 is 2.36 bits per heavy atom. The van der Waals surface area contributed by atoms with Crippen molar-refractivity contribution in [2.75, 3.05) is 0 Å². The number of halogens is 1. The molecule has 14 heavy (non-hydrogen) atoms. The molecule has 2 rings (SSSR count). The highest BCUT2D eigenvalue weighted by molar-refractivity contribution is 5.98. The minimum absolute atomic E-state index is 0.0272. The van der Waals surface area contributed by atoms with E-state index in [1.807, 2.05) is 0 Å². The summed E-state index contributed by atoms with van der Waals surface area (Å²) in [7, 11) is 0. The van der Waals surface area contributed by atoms with Gasteiger partial charge in [0.25, 0.3) is 5.91 Å². The van der Waals surface area contributed by atoms with Gasteiger partial charge in [0.1, 0.15) is 17.2 Å². The van der Waals surface area contributed by atoms with Crippen molar-refractivity contribution < 1.29 is 9.18 Å². The number of nitrogens with two attached hydrogens (primary N) is 1. The lowest BCUT2D eigenvalue weighted by molar-refractivity contribution is 0.0997. The Balaban J connectivity index is 2.93. The molecule has 0 aromatic carbocycles. The van der Waals surface area contributed by atoms with Crippen LogP contribution in [0.4, 0.5) is 4.39 Å². The first-order valence-electron chi connectivity index (χ1n) is 4.04. The van der Waals surface area contributed by atoms with Crippen LogP contribution in [0.1, 0.15) is 16.3 Å². The van der Waals surface area contributed by atoms with E-state index in [2.05, 4.69) is 4.98 Å². The van der Waals surface area contributed by atoms with Crippen LogP contribution in [0.15, 0.2) is 18.3 Å². The van der Waals surface area contributed by atoms with Gasteiger partial charge in [0, 0.05) is 6.20 Å². The van der Waals surface area contributed by atoms with Crippen molar-refractivity contribution in [3.63, 3.8) is 0 Å². The molecule has 2 N–H and O–H groups in total. The van der Waals surface area contributed by atoms with Gasteiger partial charge >= 0.3 is 0 Å². The summed E-state index contributed by atoms with van der Waals surface area (Å²) >= 11 is 0. The molecule has 2 heterocycles. The Morgan fingerprint density at radius 3 is 3.00 bits per heavy atom. The summed E-state index contributed by atoms with van der Waals surface area (Å²) in [6.45, 7) is 1.68. The second kappa shape index (κ2) is 2.80. The number of hydrogen-bond donors (Lipinski definition) is 1. The number of amides is 1. The fraction of sp³-hybridized carbons (Fsp3) is 0.111. The third kappa shape index (κ3) is 1.06. The molecule has 4 nitrogen and oxygen atoms in total. The lowest BCUT2D eigenvalue weighted by Gasteiger charge is -1.96. The number of nitrogens with zero attached hydrogens (tertiary/aromatic N) is 2. The molecule has 0 aliphatic heterocycles. The predicted molar refractivity (Wildman–Crippen MR) is 48.4 cm³/mol. The van der Waals surface area contributed by atoms with Crippen LogP contribution in [0.2, 0.25) is 0 Å². The van der Waals surface area contributed by atoms with E-state index in [0.717, 1.165) is 0 Å². The minimum atomic E-state index is -0.722. The molecule has 72 valence electrons. The fourth-order valence-electron chi connectivity index (χ4n) is 1.42. The van der Waals surface area contributed by atoms with Crippen LogP contribution in [0.5, 0.6) is 0 Å². The number of fused-ring (bicyclic) bond motifs is 1. The number of carbonyl (C=O) groups excluding carboxylic acids is 1. The average Bonchev–Trinajstić information content (AvgIpc) is 2.46. The molecule has 0 saturated carbocycles. The molecule has 2 aromatic rings. The zero-order chi connectivity index (χ0) is 10.3. The molecule has 0 fully saturated rings. The standard InChI is InChI=1S/C9H8FN3O/c1-5-12-7(9(11)14)8-6(10)3-2-4-13(5)8/h2-4H,1H3,(H2,11,14). The maximum atomic E-state index is 13.4. The summed E-state index contributed by atoms with van der Waals surface area (Å²) in [5.74, 6) is -0.684. The zero-order valence-corrected chi connectivity index (χ0v) is 7.49. The molecule has 0 aliphatic carbocycles. The summed E-state index contributed by atoms with van der Waals surface area (Å²) < 4.78 is 14.8. The highest BCUT2D eigenvalue weighted by atomic mass is 19.1. The quantitative estimate of drug-likeness (QED) is 0.730. The Hall–Kier alpha value is -1.91. The van der Waals surface area contributed by atoms with E-state index in [0.29, 0.717) is 5.82 Å². The number of aromatic nitrogens is 2. The fourth-order valence-corrected chi connectivity index (χ4v) is 1.42. The van der Waals surface area contributed by atoms with Crippen molar-refractivity contribution in [2.24, 2.45) is 5.73 Å². The SMILES string of the molecule is Cc1nc(C(N)=O)c2c(F)cccn12. The predicted octanol–water partition coefficient (Wildman–Crippen LogP) is 0.881.